The van der Waals surface area contributed by atoms with Crippen molar-refractivity contribution in [3.05, 3.63) is 44.4 Å². The number of aryl methyl sites for hydroxylation is 4. The van der Waals surface area contributed by atoms with E-state index in [1.807, 2.05) is 13.8 Å². The van der Waals surface area contributed by atoms with Crippen LogP contribution in [-0.2, 0) is 16.4 Å². The first kappa shape index (κ1) is 18.6. The van der Waals surface area contributed by atoms with E-state index in [1.165, 1.54) is 6.07 Å². The summed E-state index contributed by atoms with van der Waals surface area (Å²) in [5, 5.41) is 10.1. The number of sulfonamides is 1. The lowest BCUT2D eigenvalue weighted by atomic mass is 10.1. The number of carboxylic acids is 1. The zero-order valence-corrected chi connectivity index (χ0v) is 15.6. The molecule has 2 aromatic rings. The number of carboxylic acid groups (broad SMARTS) is 1. The van der Waals surface area contributed by atoms with Crippen LogP contribution in [0.4, 0.5) is 0 Å². The topological polar surface area (TPSA) is 96.4 Å². The zero-order valence-electron chi connectivity index (χ0n) is 14.0. The molecule has 0 bridgehead atoms. The van der Waals surface area contributed by atoms with Gasteiger partial charge in [0.1, 0.15) is 0 Å². The van der Waals surface area contributed by atoms with Crippen molar-refractivity contribution in [2.45, 2.75) is 39.0 Å². The van der Waals surface area contributed by atoms with E-state index in [-0.39, 0.29) is 17.0 Å². The summed E-state index contributed by atoms with van der Waals surface area (Å²) >= 11 is 1.55. The van der Waals surface area contributed by atoms with Gasteiger partial charge in [0, 0.05) is 11.4 Å². The first-order valence-electron chi connectivity index (χ1n) is 7.39. The van der Waals surface area contributed by atoms with Crippen molar-refractivity contribution in [1.82, 2.24) is 9.71 Å². The van der Waals surface area contributed by atoms with Crippen LogP contribution in [0.15, 0.2) is 17.0 Å². The number of aromatic carboxylic acids is 1. The van der Waals surface area contributed by atoms with Crippen molar-refractivity contribution in [2.24, 2.45) is 0 Å². The lowest BCUT2D eigenvalue weighted by molar-refractivity contribution is 0.0696. The van der Waals surface area contributed by atoms with Crippen molar-refractivity contribution < 1.29 is 18.3 Å². The Labute approximate surface area is 145 Å². The molecule has 0 saturated carbocycles. The molecule has 24 heavy (non-hydrogen) atoms. The minimum atomic E-state index is -3.77. The van der Waals surface area contributed by atoms with Gasteiger partial charge in [-0.2, -0.15) is 0 Å². The van der Waals surface area contributed by atoms with Gasteiger partial charge < -0.3 is 5.11 Å². The molecule has 0 atom stereocenters. The fourth-order valence-electron chi connectivity index (χ4n) is 2.53. The SMILES string of the molecule is Cc1nc(C)c(CCNS(=O)(=O)c2cc(C(=O)O)c(C)cc2C)s1. The van der Waals surface area contributed by atoms with Crippen LogP contribution in [-0.4, -0.2) is 31.0 Å². The van der Waals surface area contributed by atoms with E-state index in [9.17, 15) is 18.3 Å². The molecular formula is C16H20N2O4S2. The van der Waals surface area contributed by atoms with Gasteiger partial charge in [-0.05, 0) is 51.3 Å². The van der Waals surface area contributed by atoms with Gasteiger partial charge in [0.15, 0.2) is 0 Å². The van der Waals surface area contributed by atoms with E-state index in [2.05, 4.69) is 9.71 Å². The highest BCUT2D eigenvalue weighted by Crippen LogP contribution is 2.21. The van der Waals surface area contributed by atoms with Crippen LogP contribution in [0.5, 0.6) is 0 Å². The van der Waals surface area contributed by atoms with Gasteiger partial charge in [0.25, 0.3) is 0 Å². The molecule has 0 fully saturated rings. The van der Waals surface area contributed by atoms with E-state index in [0.29, 0.717) is 17.5 Å². The number of hydrogen-bond donors (Lipinski definition) is 2. The second-order valence-electron chi connectivity index (χ2n) is 5.63. The highest BCUT2D eigenvalue weighted by Gasteiger charge is 2.20. The fourth-order valence-corrected chi connectivity index (χ4v) is 4.75. The molecule has 0 spiro atoms. The summed E-state index contributed by atoms with van der Waals surface area (Å²) in [6, 6.07) is 2.80. The number of carbonyl (C=O) groups is 1. The Morgan fingerprint density at radius 3 is 2.42 bits per heavy atom. The maximum Gasteiger partial charge on any atom is 0.335 e. The van der Waals surface area contributed by atoms with Gasteiger partial charge in [0.2, 0.25) is 10.0 Å². The van der Waals surface area contributed by atoms with Crippen LogP contribution in [0, 0.1) is 27.7 Å². The lowest BCUT2D eigenvalue weighted by Crippen LogP contribution is -2.27. The van der Waals surface area contributed by atoms with Gasteiger partial charge in [-0.1, -0.05) is 6.07 Å². The summed E-state index contributed by atoms with van der Waals surface area (Å²) in [5.41, 5.74) is 1.97. The number of thiazole rings is 1. The van der Waals surface area contributed by atoms with Crippen molar-refractivity contribution in [2.75, 3.05) is 6.54 Å². The number of nitrogens with zero attached hydrogens (tertiary/aromatic N) is 1. The Morgan fingerprint density at radius 1 is 1.21 bits per heavy atom. The molecule has 1 heterocycles. The number of nitrogens with one attached hydrogen (secondary N) is 1. The third-order valence-corrected chi connectivity index (χ3v) is 6.42. The van der Waals surface area contributed by atoms with Crippen molar-refractivity contribution in [1.29, 1.82) is 0 Å². The molecule has 130 valence electrons. The molecule has 6 nitrogen and oxygen atoms in total. The van der Waals surface area contributed by atoms with E-state index >= 15 is 0 Å². The predicted octanol–water partition coefficient (Wildman–Crippen LogP) is 2.60. The molecule has 0 aliphatic carbocycles. The van der Waals surface area contributed by atoms with Gasteiger partial charge in [0.05, 0.1) is 21.2 Å². The average Bonchev–Trinajstić information content (AvgIpc) is 2.76. The third kappa shape index (κ3) is 4.00. The Bertz CT molecular complexity index is 886. The highest BCUT2D eigenvalue weighted by molar-refractivity contribution is 7.89. The van der Waals surface area contributed by atoms with E-state index in [1.54, 1.807) is 31.3 Å². The molecule has 0 aliphatic heterocycles. The smallest absolute Gasteiger partial charge is 0.335 e. The summed E-state index contributed by atoms with van der Waals surface area (Å²) in [5.74, 6) is -1.14. The number of hydrogen-bond acceptors (Lipinski definition) is 5. The Morgan fingerprint density at radius 2 is 1.88 bits per heavy atom. The van der Waals surface area contributed by atoms with E-state index in [0.717, 1.165) is 15.6 Å². The van der Waals surface area contributed by atoms with Crippen LogP contribution in [0.3, 0.4) is 0 Å². The van der Waals surface area contributed by atoms with Crippen molar-refractivity contribution in [3.8, 4) is 0 Å². The first-order valence-corrected chi connectivity index (χ1v) is 9.69. The summed E-state index contributed by atoms with van der Waals surface area (Å²) in [4.78, 5) is 16.6. The molecule has 2 rings (SSSR count). The zero-order chi connectivity index (χ0) is 18.1. The minimum absolute atomic E-state index is 0.00251. The fraction of sp³-hybridized carbons (Fsp3) is 0.375. The van der Waals surface area contributed by atoms with Crippen LogP contribution in [0.1, 0.15) is 37.1 Å². The molecule has 0 saturated heterocycles. The molecule has 0 radical (unpaired) electrons. The Balaban J connectivity index is 2.20. The van der Waals surface area contributed by atoms with E-state index in [4.69, 9.17) is 0 Å². The standard InChI is InChI=1S/C16H20N2O4S2/c1-9-7-10(2)15(8-13(9)16(19)20)24(21,22)17-6-5-14-11(3)18-12(4)23-14/h7-8,17H,5-6H2,1-4H3,(H,19,20). The number of rotatable bonds is 6. The molecule has 2 N–H and O–H groups in total. The summed E-state index contributed by atoms with van der Waals surface area (Å²) in [6.07, 6.45) is 0.549. The van der Waals surface area contributed by atoms with Crippen LogP contribution in [0.25, 0.3) is 0 Å². The molecule has 0 amide bonds. The Kier molecular flexibility index (Phi) is 5.42. The Hall–Kier alpha value is -1.77. The molecular weight excluding hydrogens is 348 g/mol. The molecule has 0 aliphatic rings. The summed E-state index contributed by atoms with van der Waals surface area (Å²) in [7, 11) is -3.77. The minimum Gasteiger partial charge on any atom is -0.478 e. The maximum absolute atomic E-state index is 12.5. The van der Waals surface area contributed by atoms with Crippen LogP contribution in [0.2, 0.25) is 0 Å². The quantitative estimate of drug-likeness (QED) is 0.817. The number of benzene rings is 1. The molecule has 8 heteroatoms. The third-order valence-electron chi connectivity index (χ3n) is 3.69. The first-order chi connectivity index (χ1) is 11.1. The normalized spacial score (nSPS) is 11.7. The van der Waals surface area contributed by atoms with Crippen LogP contribution >= 0.6 is 11.3 Å². The van der Waals surface area contributed by atoms with Gasteiger partial charge in [-0.15, -0.1) is 11.3 Å². The van der Waals surface area contributed by atoms with Crippen LogP contribution < -0.4 is 4.72 Å². The van der Waals surface area contributed by atoms with E-state index < -0.39 is 16.0 Å². The largest absolute Gasteiger partial charge is 0.478 e. The van der Waals surface area contributed by atoms with Crippen molar-refractivity contribution >= 4 is 27.3 Å². The summed E-state index contributed by atoms with van der Waals surface area (Å²) in [6.45, 7) is 7.35. The second kappa shape index (κ2) is 7.00. The highest BCUT2D eigenvalue weighted by atomic mass is 32.2. The van der Waals surface area contributed by atoms with Gasteiger partial charge in [-0.25, -0.2) is 22.9 Å². The average molecular weight is 368 g/mol. The number of aromatic nitrogens is 1. The van der Waals surface area contributed by atoms with Gasteiger partial charge in [-0.3, -0.25) is 0 Å². The molecule has 1 aromatic heterocycles. The molecule has 1 aromatic carbocycles. The maximum atomic E-state index is 12.5. The molecule has 0 unspecified atom stereocenters. The predicted molar refractivity (Wildman–Crippen MR) is 93.4 cm³/mol. The van der Waals surface area contributed by atoms with Crippen molar-refractivity contribution in [3.63, 3.8) is 0 Å². The second-order valence-corrected chi connectivity index (χ2v) is 8.65. The summed E-state index contributed by atoms with van der Waals surface area (Å²) < 4.78 is 27.6. The monoisotopic (exact) mass is 368 g/mol. The van der Waals surface area contributed by atoms with Gasteiger partial charge >= 0.3 is 5.97 Å². The lowest BCUT2D eigenvalue weighted by Gasteiger charge is -2.11.